The summed E-state index contributed by atoms with van der Waals surface area (Å²) in [5.74, 6) is 1.47. The second kappa shape index (κ2) is 5.40. The van der Waals surface area contributed by atoms with Crippen molar-refractivity contribution in [1.82, 2.24) is 4.98 Å². The van der Waals surface area contributed by atoms with E-state index in [1.54, 1.807) is 0 Å². The minimum absolute atomic E-state index is 0.625. The summed E-state index contributed by atoms with van der Waals surface area (Å²) in [4.78, 5) is 4.45. The van der Waals surface area contributed by atoms with E-state index in [-0.39, 0.29) is 0 Å². The van der Waals surface area contributed by atoms with Gasteiger partial charge in [0.05, 0.1) is 0 Å². The molecule has 0 atom stereocenters. The summed E-state index contributed by atoms with van der Waals surface area (Å²) in [5, 5.41) is 4.71. The first kappa shape index (κ1) is 13.8. The Morgan fingerprint density at radius 1 is 0.739 bits per heavy atom. The van der Waals surface area contributed by atoms with Crippen LogP contribution >= 0.6 is 0 Å². The lowest BCUT2D eigenvalue weighted by molar-refractivity contribution is 0.460. The van der Waals surface area contributed by atoms with Crippen LogP contribution in [-0.4, -0.2) is 4.98 Å². The topological polar surface area (TPSA) is 22.1 Å². The molecule has 0 aliphatic rings. The molecule has 0 aliphatic carbocycles. The van der Waals surface area contributed by atoms with Crippen LogP contribution in [-0.2, 0) is 0 Å². The lowest BCUT2D eigenvalue weighted by Crippen LogP contribution is -1.91. The molecule has 112 valence electrons. The third-order valence-corrected chi connectivity index (χ3v) is 4.11. The molecule has 0 unspecified atom stereocenters. The molecule has 1 aromatic heterocycles. The summed E-state index contributed by atoms with van der Waals surface area (Å²) in [6, 6.07) is 20.9. The third kappa shape index (κ3) is 2.64. The SMILES string of the molecule is Cc1ccc(Oc2cc3cc4ccccc4cc3cn2)c(C)c1. The highest BCUT2D eigenvalue weighted by Gasteiger charge is 2.05. The largest absolute Gasteiger partial charge is 0.439 e. The Labute approximate surface area is 135 Å². The maximum absolute atomic E-state index is 5.97. The van der Waals surface area contributed by atoms with E-state index >= 15 is 0 Å². The molecule has 0 bridgehead atoms. The van der Waals surface area contributed by atoms with Crippen molar-refractivity contribution in [1.29, 1.82) is 0 Å². The standard InChI is InChI=1S/C21H17NO/c1-14-7-8-20(15(2)9-14)23-21-12-18-10-16-5-3-4-6-17(16)11-19(18)13-22-21/h3-13H,1-2H3. The molecule has 0 saturated heterocycles. The Hall–Kier alpha value is -2.87. The molecule has 23 heavy (non-hydrogen) atoms. The second-order valence-electron chi connectivity index (χ2n) is 5.94. The molecule has 0 radical (unpaired) electrons. The van der Waals surface area contributed by atoms with Crippen molar-refractivity contribution < 1.29 is 4.74 Å². The van der Waals surface area contributed by atoms with Crippen molar-refractivity contribution >= 4 is 21.5 Å². The molecule has 2 heteroatoms. The Kier molecular flexibility index (Phi) is 3.23. The number of fused-ring (bicyclic) bond motifs is 2. The summed E-state index contributed by atoms with van der Waals surface area (Å²) in [7, 11) is 0. The number of rotatable bonds is 2. The van der Waals surface area contributed by atoms with Crippen LogP contribution in [0.5, 0.6) is 11.6 Å². The van der Waals surface area contributed by atoms with Gasteiger partial charge in [-0.05, 0) is 53.8 Å². The highest BCUT2D eigenvalue weighted by Crippen LogP contribution is 2.28. The molecule has 4 aromatic rings. The Balaban J connectivity index is 1.77. The Morgan fingerprint density at radius 2 is 1.48 bits per heavy atom. The van der Waals surface area contributed by atoms with Gasteiger partial charge in [-0.3, -0.25) is 0 Å². The number of hydrogen-bond donors (Lipinski definition) is 0. The van der Waals surface area contributed by atoms with Gasteiger partial charge in [-0.25, -0.2) is 4.98 Å². The highest BCUT2D eigenvalue weighted by atomic mass is 16.5. The van der Waals surface area contributed by atoms with E-state index < -0.39 is 0 Å². The maximum Gasteiger partial charge on any atom is 0.219 e. The highest BCUT2D eigenvalue weighted by molar-refractivity contribution is 5.98. The van der Waals surface area contributed by atoms with E-state index in [1.165, 1.54) is 16.3 Å². The number of benzene rings is 3. The van der Waals surface area contributed by atoms with E-state index in [1.807, 2.05) is 18.3 Å². The van der Waals surface area contributed by atoms with Crippen LogP contribution in [0.15, 0.2) is 66.9 Å². The Bertz CT molecular complexity index is 1020. The van der Waals surface area contributed by atoms with Crippen LogP contribution in [0.25, 0.3) is 21.5 Å². The number of nitrogens with zero attached hydrogens (tertiary/aromatic N) is 1. The summed E-state index contributed by atoms with van der Waals surface area (Å²) in [5.41, 5.74) is 2.35. The molecule has 0 amide bonds. The second-order valence-corrected chi connectivity index (χ2v) is 5.94. The van der Waals surface area contributed by atoms with Crippen molar-refractivity contribution in [2.45, 2.75) is 13.8 Å². The van der Waals surface area contributed by atoms with Crippen LogP contribution < -0.4 is 4.74 Å². The van der Waals surface area contributed by atoms with Crippen molar-refractivity contribution in [3.63, 3.8) is 0 Å². The quantitative estimate of drug-likeness (QED) is 0.437. The zero-order valence-electron chi connectivity index (χ0n) is 13.2. The van der Waals surface area contributed by atoms with Crippen molar-refractivity contribution in [3.05, 3.63) is 78.0 Å². The molecular weight excluding hydrogens is 282 g/mol. The van der Waals surface area contributed by atoms with Crippen LogP contribution in [0.2, 0.25) is 0 Å². The monoisotopic (exact) mass is 299 g/mol. The molecule has 1 heterocycles. The molecule has 4 rings (SSSR count). The predicted molar refractivity (Wildman–Crippen MR) is 95.2 cm³/mol. The molecule has 0 aliphatic heterocycles. The van der Waals surface area contributed by atoms with E-state index in [4.69, 9.17) is 4.74 Å². The summed E-state index contributed by atoms with van der Waals surface area (Å²) < 4.78 is 5.97. The summed E-state index contributed by atoms with van der Waals surface area (Å²) in [6.45, 7) is 4.13. The van der Waals surface area contributed by atoms with Gasteiger partial charge >= 0.3 is 0 Å². The number of aryl methyl sites for hydroxylation is 2. The normalized spacial score (nSPS) is 11.0. The zero-order chi connectivity index (χ0) is 15.8. The minimum Gasteiger partial charge on any atom is -0.439 e. The summed E-state index contributed by atoms with van der Waals surface area (Å²) in [6.07, 6.45) is 1.88. The van der Waals surface area contributed by atoms with Gasteiger partial charge in [0, 0.05) is 17.6 Å². The minimum atomic E-state index is 0.625. The average molecular weight is 299 g/mol. The van der Waals surface area contributed by atoms with E-state index in [0.717, 1.165) is 22.1 Å². The number of pyridine rings is 1. The summed E-state index contributed by atoms with van der Waals surface area (Å²) >= 11 is 0. The van der Waals surface area contributed by atoms with Gasteiger partial charge < -0.3 is 4.74 Å². The van der Waals surface area contributed by atoms with E-state index in [0.29, 0.717) is 5.88 Å². The maximum atomic E-state index is 5.97. The van der Waals surface area contributed by atoms with Gasteiger partial charge in [0.15, 0.2) is 0 Å². The fraction of sp³-hybridized carbons (Fsp3) is 0.0952. The van der Waals surface area contributed by atoms with Gasteiger partial charge in [0.2, 0.25) is 5.88 Å². The van der Waals surface area contributed by atoms with E-state index in [9.17, 15) is 0 Å². The van der Waals surface area contributed by atoms with Crippen LogP contribution in [0, 0.1) is 13.8 Å². The van der Waals surface area contributed by atoms with Crippen LogP contribution in [0.4, 0.5) is 0 Å². The Morgan fingerprint density at radius 3 is 2.22 bits per heavy atom. The van der Waals surface area contributed by atoms with Gasteiger partial charge in [0.25, 0.3) is 0 Å². The number of aromatic nitrogens is 1. The van der Waals surface area contributed by atoms with Gasteiger partial charge in [-0.2, -0.15) is 0 Å². The zero-order valence-corrected chi connectivity index (χ0v) is 13.2. The van der Waals surface area contributed by atoms with Crippen molar-refractivity contribution in [2.75, 3.05) is 0 Å². The smallest absolute Gasteiger partial charge is 0.219 e. The van der Waals surface area contributed by atoms with Gasteiger partial charge in [-0.1, -0.05) is 42.0 Å². The molecule has 0 saturated carbocycles. The van der Waals surface area contributed by atoms with Crippen molar-refractivity contribution in [2.24, 2.45) is 0 Å². The first-order valence-electron chi connectivity index (χ1n) is 7.73. The molecular formula is C21H17NO. The average Bonchev–Trinajstić information content (AvgIpc) is 2.55. The van der Waals surface area contributed by atoms with Crippen LogP contribution in [0.3, 0.4) is 0 Å². The van der Waals surface area contributed by atoms with Crippen molar-refractivity contribution in [3.8, 4) is 11.6 Å². The van der Waals surface area contributed by atoms with Gasteiger partial charge in [-0.15, -0.1) is 0 Å². The number of hydrogen-bond acceptors (Lipinski definition) is 2. The lowest BCUT2D eigenvalue weighted by atomic mass is 10.1. The predicted octanol–water partition coefficient (Wildman–Crippen LogP) is 5.80. The number of ether oxygens (including phenoxy) is 1. The molecule has 0 fully saturated rings. The first-order chi connectivity index (χ1) is 11.2. The molecule has 2 nitrogen and oxygen atoms in total. The lowest BCUT2D eigenvalue weighted by Gasteiger charge is -2.09. The third-order valence-electron chi connectivity index (χ3n) is 4.11. The molecule has 3 aromatic carbocycles. The van der Waals surface area contributed by atoms with Crippen LogP contribution in [0.1, 0.15) is 11.1 Å². The molecule has 0 N–H and O–H groups in total. The molecule has 0 spiro atoms. The van der Waals surface area contributed by atoms with Gasteiger partial charge in [0.1, 0.15) is 5.75 Å². The fourth-order valence-electron chi connectivity index (χ4n) is 2.90. The van der Waals surface area contributed by atoms with E-state index in [2.05, 4.69) is 67.4 Å². The fourth-order valence-corrected chi connectivity index (χ4v) is 2.90. The first-order valence-corrected chi connectivity index (χ1v) is 7.73.